The van der Waals surface area contributed by atoms with Crippen molar-refractivity contribution in [2.75, 3.05) is 96.1 Å². The minimum atomic E-state index is -0.595. The minimum Gasteiger partial charge on any atom is -0.496 e. The maximum absolute atomic E-state index is 12.9. The smallest absolute Gasteiger partial charge is 0.331 e. The second-order valence-corrected chi connectivity index (χ2v) is 18.5. The average molecular weight is 909 g/mol. The molecule has 2 aliphatic rings. The van der Waals surface area contributed by atoms with Gasteiger partial charge in [-0.15, -0.1) is 0 Å². The maximum atomic E-state index is 12.9. The molecule has 0 bridgehead atoms. The Balaban J connectivity index is 1.08. The van der Waals surface area contributed by atoms with Gasteiger partial charge in [0.25, 0.3) is 0 Å². The highest BCUT2D eigenvalue weighted by atomic mass is 16.5. The molecule has 6 rings (SSSR count). The molecule has 0 fully saturated rings. The summed E-state index contributed by atoms with van der Waals surface area (Å²) in [4.78, 5) is 25.8. The third kappa shape index (κ3) is 10.3. The molecule has 2 aliphatic heterocycles. The van der Waals surface area contributed by atoms with E-state index in [9.17, 15) is 9.59 Å². The number of fused-ring (bicyclic) bond motifs is 2. The molecule has 0 amide bonds. The van der Waals surface area contributed by atoms with Crippen molar-refractivity contribution in [1.82, 2.24) is 0 Å². The summed E-state index contributed by atoms with van der Waals surface area (Å²) in [5.74, 6) is 2.89. The van der Waals surface area contributed by atoms with Gasteiger partial charge in [0.15, 0.2) is 23.0 Å². The van der Waals surface area contributed by atoms with Crippen molar-refractivity contribution in [3.05, 3.63) is 116 Å². The first-order valence-electron chi connectivity index (χ1n) is 23.0. The van der Waals surface area contributed by atoms with Crippen LogP contribution in [0, 0.1) is 34.6 Å². The van der Waals surface area contributed by atoms with Crippen LogP contribution in [-0.4, -0.2) is 117 Å². The largest absolute Gasteiger partial charge is 0.496 e. The first kappa shape index (κ1) is 49.7. The Bertz CT molecular complexity index is 2440. The molecule has 0 aromatic heterocycles. The number of likely N-dealkylation sites (N-methyl/N-ethyl adjacent to an activating group) is 2. The van der Waals surface area contributed by atoms with E-state index in [4.69, 9.17) is 37.9 Å². The van der Waals surface area contributed by atoms with E-state index < -0.39 is 11.9 Å². The Labute approximate surface area is 392 Å². The van der Waals surface area contributed by atoms with Crippen LogP contribution in [0.2, 0.25) is 0 Å². The van der Waals surface area contributed by atoms with Gasteiger partial charge in [0.05, 0.1) is 107 Å². The van der Waals surface area contributed by atoms with Gasteiger partial charge in [-0.05, 0) is 97.3 Å². The molecule has 4 aromatic carbocycles. The highest BCUT2D eigenvalue weighted by Crippen LogP contribution is 2.52. The topological polar surface area (TPSA) is 108 Å². The van der Waals surface area contributed by atoms with E-state index in [0.717, 1.165) is 83.5 Å². The molecular formula is C54H72N2O10+2. The summed E-state index contributed by atoms with van der Waals surface area (Å²) in [6.07, 6.45) is 6.15. The number of benzene rings is 4. The Morgan fingerprint density at radius 1 is 0.576 bits per heavy atom. The van der Waals surface area contributed by atoms with Gasteiger partial charge in [0.1, 0.15) is 17.8 Å². The molecule has 66 heavy (non-hydrogen) atoms. The van der Waals surface area contributed by atoms with E-state index in [2.05, 4.69) is 72.1 Å². The molecule has 4 unspecified atom stereocenters. The average Bonchev–Trinajstić information content (AvgIpc) is 3.30. The van der Waals surface area contributed by atoms with Crippen LogP contribution < -0.4 is 28.4 Å². The van der Waals surface area contributed by atoms with Gasteiger partial charge in [-0.1, -0.05) is 24.3 Å². The van der Waals surface area contributed by atoms with E-state index in [0.29, 0.717) is 52.6 Å². The van der Waals surface area contributed by atoms with Gasteiger partial charge in [0.2, 0.25) is 5.75 Å². The zero-order chi connectivity index (χ0) is 47.9. The fourth-order valence-electron chi connectivity index (χ4n) is 10.5. The van der Waals surface area contributed by atoms with Crippen LogP contribution in [0.15, 0.2) is 54.6 Å². The first-order valence-corrected chi connectivity index (χ1v) is 23.0. The summed E-state index contributed by atoms with van der Waals surface area (Å²) < 4.78 is 48.0. The molecule has 0 saturated carbocycles. The van der Waals surface area contributed by atoms with Crippen LogP contribution in [0.1, 0.15) is 86.1 Å². The second kappa shape index (κ2) is 21.3. The highest BCUT2D eigenvalue weighted by molar-refractivity contribution is 5.91. The molecular weight excluding hydrogens is 837 g/mol. The minimum absolute atomic E-state index is 0.169. The van der Waals surface area contributed by atoms with Gasteiger partial charge < -0.3 is 46.9 Å². The van der Waals surface area contributed by atoms with Crippen molar-refractivity contribution >= 4 is 11.9 Å². The molecule has 356 valence electrons. The number of rotatable bonds is 19. The van der Waals surface area contributed by atoms with Crippen LogP contribution >= 0.6 is 0 Å². The monoisotopic (exact) mass is 909 g/mol. The molecule has 4 aromatic rings. The Morgan fingerprint density at radius 3 is 1.71 bits per heavy atom. The lowest BCUT2D eigenvalue weighted by Gasteiger charge is -2.46. The number of carbonyl (C=O) groups excluding carboxylic acids is 2. The van der Waals surface area contributed by atoms with E-state index in [1.165, 1.54) is 38.9 Å². The van der Waals surface area contributed by atoms with Crippen LogP contribution in [-0.2, 0) is 38.3 Å². The fraction of sp³-hybridized carbons (Fsp3) is 0.481. The predicted molar refractivity (Wildman–Crippen MR) is 257 cm³/mol. The summed E-state index contributed by atoms with van der Waals surface area (Å²) in [5.41, 5.74) is 13.0. The number of hydrogen-bond donors (Lipinski definition) is 0. The number of aryl methyl sites for hydroxylation is 4. The SMILES string of the molecule is COc1cc(C2c3c(cc(OC)c(OC)c3OC)CC[N+]2(C)CCCOC(=O)/C=C/C(=O)OCCC[N+]2(C)CCc3cc(C)c(C)c(OC)c3C2Cc2ccc(C)c(C)c2)cc(C)c1OC. The number of nitrogens with zero attached hydrogens (tertiary/aromatic N) is 2. The second-order valence-electron chi connectivity index (χ2n) is 18.5. The van der Waals surface area contributed by atoms with Crippen molar-refractivity contribution in [3.63, 3.8) is 0 Å². The van der Waals surface area contributed by atoms with Crippen LogP contribution in [0.25, 0.3) is 0 Å². The molecule has 0 saturated heterocycles. The fourth-order valence-corrected chi connectivity index (χ4v) is 10.5. The molecule has 0 aliphatic carbocycles. The zero-order valence-corrected chi connectivity index (χ0v) is 41.6. The van der Waals surface area contributed by atoms with Gasteiger partial charge in [-0.25, -0.2) is 9.59 Å². The third-order valence-electron chi connectivity index (χ3n) is 14.3. The van der Waals surface area contributed by atoms with Crippen LogP contribution in [0.3, 0.4) is 0 Å². The van der Waals surface area contributed by atoms with Crippen molar-refractivity contribution in [2.24, 2.45) is 0 Å². The van der Waals surface area contributed by atoms with E-state index in [1.807, 2.05) is 19.1 Å². The third-order valence-corrected chi connectivity index (χ3v) is 14.3. The molecule has 12 heteroatoms. The van der Waals surface area contributed by atoms with E-state index in [1.54, 1.807) is 42.7 Å². The number of methoxy groups -OCH3 is 6. The van der Waals surface area contributed by atoms with Gasteiger partial charge in [0, 0.05) is 49.8 Å². The Hall–Kier alpha value is -5.72. The number of quaternary nitrogens is 2. The number of esters is 2. The molecule has 2 heterocycles. The summed E-state index contributed by atoms with van der Waals surface area (Å²) in [6, 6.07) is 15.3. The molecule has 0 radical (unpaired) electrons. The summed E-state index contributed by atoms with van der Waals surface area (Å²) in [7, 11) is 14.5. The summed E-state index contributed by atoms with van der Waals surface area (Å²) >= 11 is 0. The lowest BCUT2D eigenvalue weighted by Crippen LogP contribution is -2.53. The van der Waals surface area contributed by atoms with Gasteiger partial charge in [-0.2, -0.15) is 0 Å². The van der Waals surface area contributed by atoms with E-state index in [-0.39, 0.29) is 25.3 Å². The van der Waals surface area contributed by atoms with Gasteiger partial charge >= 0.3 is 11.9 Å². The predicted octanol–water partition coefficient (Wildman–Crippen LogP) is 8.78. The molecule has 12 nitrogen and oxygen atoms in total. The Kier molecular flexibility index (Phi) is 16.0. The number of ether oxygens (including phenoxy) is 8. The summed E-state index contributed by atoms with van der Waals surface area (Å²) in [5, 5.41) is 0. The van der Waals surface area contributed by atoms with Crippen molar-refractivity contribution < 1.29 is 56.5 Å². The highest BCUT2D eigenvalue weighted by Gasteiger charge is 2.45. The summed E-state index contributed by atoms with van der Waals surface area (Å²) in [6.45, 7) is 14.3. The lowest BCUT2D eigenvalue weighted by atomic mass is 9.83. The maximum Gasteiger partial charge on any atom is 0.331 e. The zero-order valence-electron chi connectivity index (χ0n) is 41.6. The molecule has 0 N–H and O–H groups in total. The van der Waals surface area contributed by atoms with Crippen LogP contribution in [0.4, 0.5) is 0 Å². The molecule has 4 atom stereocenters. The van der Waals surface area contributed by atoms with E-state index >= 15 is 0 Å². The lowest BCUT2D eigenvalue weighted by molar-refractivity contribution is -0.941. The van der Waals surface area contributed by atoms with Crippen LogP contribution in [0.5, 0.6) is 34.5 Å². The first-order chi connectivity index (χ1) is 31.6. The number of carbonyl (C=O) groups is 2. The normalized spacial score (nSPS) is 20.0. The van der Waals surface area contributed by atoms with Gasteiger partial charge in [-0.3, -0.25) is 0 Å². The van der Waals surface area contributed by atoms with Crippen molar-refractivity contribution in [1.29, 1.82) is 0 Å². The number of hydrogen-bond acceptors (Lipinski definition) is 10. The molecule has 0 spiro atoms. The Morgan fingerprint density at radius 2 is 1.14 bits per heavy atom. The standard InChI is InChI=1S/C54H72N2O10/c1-34-16-17-39(28-35(34)2)31-43-48-40(29-36(3)38(5)52(48)62-11)20-24-55(43,6)22-14-26-65-46(57)18-19-47(58)66-27-15-23-56(7)25-21-41-32-45(60-9)53(63-12)54(64-13)49(41)50(56)42-30-37(4)51(61-10)44(33-42)59-8/h16-19,28-30,32-33,43,50H,14-15,20-27,31H2,1-13H3/q+2/b19-18+. The van der Waals surface area contributed by atoms with Crippen molar-refractivity contribution in [2.45, 2.75) is 78.8 Å². The van der Waals surface area contributed by atoms with Crippen molar-refractivity contribution in [3.8, 4) is 34.5 Å². The quantitative estimate of drug-likeness (QED) is 0.0392.